The van der Waals surface area contributed by atoms with E-state index in [2.05, 4.69) is 79.6 Å². The molecule has 84 valence electrons. The van der Waals surface area contributed by atoms with Crippen molar-refractivity contribution < 1.29 is 9.47 Å². The third kappa shape index (κ3) is 4.30. The number of ether oxygens (including phenoxy) is 2. The van der Waals surface area contributed by atoms with Crippen molar-refractivity contribution in [3.8, 4) is 0 Å². The molecule has 0 spiro atoms. The van der Waals surface area contributed by atoms with E-state index in [0.29, 0.717) is 6.61 Å². The highest BCUT2D eigenvalue weighted by atomic mass is 80.0. The van der Waals surface area contributed by atoms with Gasteiger partial charge in [-0.3, -0.25) is 0 Å². The van der Waals surface area contributed by atoms with Crippen molar-refractivity contribution in [3.05, 3.63) is 0 Å². The van der Waals surface area contributed by atoms with E-state index in [1.54, 1.807) is 0 Å². The van der Waals surface area contributed by atoms with Gasteiger partial charge in [0, 0.05) is 13.0 Å². The second-order valence-corrected chi connectivity index (χ2v) is 13.5. The third-order valence-corrected chi connectivity index (χ3v) is 8.62. The monoisotopic (exact) mass is 520 g/mol. The van der Waals surface area contributed by atoms with E-state index in [1.165, 1.54) is 0 Å². The van der Waals surface area contributed by atoms with E-state index in [-0.39, 0.29) is 6.29 Å². The minimum Gasteiger partial charge on any atom is -0.353 e. The summed E-state index contributed by atoms with van der Waals surface area (Å²) < 4.78 is 10.0. The first-order valence-corrected chi connectivity index (χ1v) is 7.97. The van der Waals surface area contributed by atoms with Crippen molar-refractivity contribution in [2.24, 2.45) is 0 Å². The van der Waals surface area contributed by atoms with Crippen molar-refractivity contribution in [2.75, 3.05) is 13.2 Å². The van der Waals surface area contributed by atoms with Gasteiger partial charge in [-0.05, 0) is 6.42 Å². The molecule has 14 heavy (non-hydrogen) atoms. The van der Waals surface area contributed by atoms with Crippen LogP contribution in [-0.2, 0) is 9.47 Å². The molecule has 1 unspecified atom stereocenters. The maximum absolute atomic E-state index is 5.59. The van der Waals surface area contributed by atoms with Crippen molar-refractivity contribution in [1.82, 2.24) is 0 Å². The van der Waals surface area contributed by atoms with Crippen LogP contribution < -0.4 is 0 Å². The van der Waals surface area contributed by atoms with E-state index in [9.17, 15) is 0 Å². The maximum Gasteiger partial charge on any atom is 0.162 e. The first kappa shape index (κ1) is 14.4. The third-order valence-electron chi connectivity index (χ3n) is 1.75. The summed E-state index contributed by atoms with van der Waals surface area (Å²) >= 11 is 17.3. The highest BCUT2D eigenvalue weighted by Crippen LogP contribution is 2.52. The first-order valence-electron chi connectivity index (χ1n) is 4.01. The molecule has 0 amide bonds. The minimum atomic E-state index is -0.460. The van der Waals surface area contributed by atoms with E-state index in [0.717, 1.165) is 19.4 Å². The molecule has 0 saturated carbocycles. The van der Waals surface area contributed by atoms with E-state index in [1.807, 2.05) is 0 Å². The average Bonchev–Trinajstić information content (AvgIpc) is 2.50. The molecular weight excluding hydrogens is 516 g/mol. The van der Waals surface area contributed by atoms with Crippen LogP contribution in [0.5, 0.6) is 0 Å². The Morgan fingerprint density at radius 2 is 1.86 bits per heavy atom. The standard InChI is InChI=1S/C7H9Br5O2/c8-6(9,7(10,11)12)4-14-5-2-1-3-13-5/h5H,1-4H2. The van der Waals surface area contributed by atoms with Crippen molar-refractivity contribution in [1.29, 1.82) is 0 Å². The molecule has 0 radical (unpaired) electrons. The normalized spacial score (nSPS) is 24.2. The molecule has 1 aliphatic rings. The molecule has 0 aromatic carbocycles. The number of halogens is 5. The van der Waals surface area contributed by atoms with Crippen LogP contribution in [0, 0.1) is 0 Å². The van der Waals surface area contributed by atoms with Gasteiger partial charge in [0.15, 0.2) is 8.43 Å². The zero-order chi connectivity index (χ0) is 10.8. The number of alkyl halides is 5. The Morgan fingerprint density at radius 1 is 1.21 bits per heavy atom. The highest BCUT2D eigenvalue weighted by Gasteiger charge is 2.43. The summed E-state index contributed by atoms with van der Waals surface area (Å²) in [6.07, 6.45) is 1.97. The molecule has 2 nitrogen and oxygen atoms in total. The molecule has 0 aromatic rings. The van der Waals surface area contributed by atoms with Gasteiger partial charge in [-0.15, -0.1) is 0 Å². The first-order chi connectivity index (χ1) is 6.33. The summed E-state index contributed by atoms with van der Waals surface area (Å²) in [5.74, 6) is 0. The fraction of sp³-hybridized carbons (Fsp3) is 1.00. The lowest BCUT2D eigenvalue weighted by atomic mass is 10.4. The van der Waals surface area contributed by atoms with Crippen LogP contribution in [-0.4, -0.2) is 24.9 Å². The van der Waals surface area contributed by atoms with Crippen LogP contribution in [0.4, 0.5) is 0 Å². The Kier molecular flexibility index (Phi) is 5.93. The lowest BCUT2D eigenvalue weighted by molar-refractivity contribution is -0.110. The summed E-state index contributed by atoms with van der Waals surface area (Å²) in [4.78, 5) is 0. The van der Waals surface area contributed by atoms with E-state index >= 15 is 0 Å². The topological polar surface area (TPSA) is 18.5 Å². The molecule has 7 heteroatoms. The largest absolute Gasteiger partial charge is 0.353 e. The van der Waals surface area contributed by atoms with Gasteiger partial charge in [0.2, 0.25) is 0 Å². The summed E-state index contributed by atoms with van der Waals surface area (Å²) in [5, 5.41) is 0. The van der Waals surface area contributed by atoms with Gasteiger partial charge in [-0.1, -0.05) is 79.6 Å². The summed E-state index contributed by atoms with van der Waals surface area (Å²) in [7, 11) is 0. The van der Waals surface area contributed by atoms with E-state index in [4.69, 9.17) is 9.47 Å². The van der Waals surface area contributed by atoms with Crippen LogP contribution in [0.15, 0.2) is 0 Å². The molecule has 0 aromatic heterocycles. The van der Waals surface area contributed by atoms with Crippen LogP contribution in [0.2, 0.25) is 0 Å². The highest BCUT2D eigenvalue weighted by molar-refractivity contribution is 9.41. The second kappa shape index (κ2) is 5.78. The predicted molar refractivity (Wildman–Crippen MR) is 75.0 cm³/mol. The smallest absolute Gasteiger partial charge is 0.162 e. The van der Waals surface area contributed by atoms with Gasteiger partial charge in [-0.25, -0.2) is 0 Å². The zero-order valence-corrected chi connectivity index (χ0v) is 15.0. The minimum absolute atomic E-state index is 0.0701. The van der Waals surface area contributed by atoms with Crippen LogP contribution in [0.3, 0.4) is 0 Å². The van der Waals surface area contributed by atoms with Gasteiger partial charge in [0.1, 0.15) is 3.23 Å². The van der Waals surface area contributed by atoms with Gasteiger partial charge in [0.05, 0.1) is 6.61 Å². The summed E-state index contributed by atoms with van der Waals surface area (Å²) in [5.41, 5.74) is 0. The number of rotatable bonds is 3. The van der Waals surface area contributed by atoms with Crippen LogP contribution in [0.25, 0.3) is 0 Å². The summed E-state index contributed by atoms with van der Waals surface area (Å²) in [6, 6.07) is 0. The van der Waals surface area contributed by atoms with Gasteiger partial charge in [-0.2, -0.15) is 0 Å². The summed E-state index contributed by atoms with van der Waals surface area (Å²) in [6.45, 7) is 1.27. The zero-order valence-electron chi connectivity index (χ0n) is 7.11. The average molecular weight is 525 g/mol. The predicted octanol–water partition coefficient (Wildman–Crippen LogP) is 4.46. The Bertz CT molecular complexity index is 185. The fourth-order valence-electron chi connectivity index (χ4n) is 0.959. The Balaban J connectivity index is 2.35. The maximum atomic E-state index is 5.59. The molecule has 1 atom stereocenters. The molecule has 1 saturated heterocycles. The Morgan fingerprint density at radius 3 is 2.29 bits per heavy atom. The molecule has 1 rings (SSSR count). The second-order valence-electron chi connectivity index (χ2n) is 2.96. The molecule has 1 heterocycles. The molecular formula is C7H9Br5O2. The lowest BCUT2D eigenvalue weighted by Crippen LogP contribution is -2.35. The molecule has 0 bridgehead atoms. The van der Waals surface area contributed by atoms with Gasteiger partial charge >= 0.3 is 0 Å². The Hall–Kier alpha value is 2.32. The van der Waals surface area contributed by atoms with Crippen LogP contribution >= 0.6 is 79.6 Å². The van der Waals surface area contributed by atoms with Gasteiger partial charge < -0.3 is 9.47 Å². The lowest BCUT2D eigenvalue weighted by Gasteiger charge is -2.30. The van der Waals surface area contributed by atoms with Crippen molar-refractivity contribution in [3.63, 3.8) is 0 Å². The number of hydrogen-bond acceptors (Lipinski definition) is 2. The molecule has 1 aliphatic heterocycles. The SMILES string of the molecule is BrC(Br)(Br)C(Br)(Br)COC1CCCO1. The van der Waals surface area contributed by atoms with Crippen molar-refractivity contribution >= 4 is 79.6 Å². The number of hydrogen-bond donors (Lipinski definition) is 0. The van der Waals surface area contributed by atoms with E-state index < -0.39 is 5.38 Å². The Labute approximate surface area is 125 Å². The van der Waals surface area contributed by atoms with Gasteiger partial charge in [0.25, 0.3) is 0 Å². The van der Waals surface area contributed by atoms with Crippen LogP contribution in [0.1, 0.15) is 12.8 Å². The van der Waals surface area contributed by atoms with Crippen molar-refractivity contribution in [2.45, 2.75) is 24.5 Å². The molecule has 0 N–H and O–H groups in total. The molecule has 1 fully saturated rings. The quantitative estimate of drug-likeness (QED) is 0.508. The molecule has 0 aliphatic carbocycles. The fourth-order valence-corrected chi connectivity index (χ4v) is 1.57.